The highest BCUT2D eigenvalue weighted by Crippen LogP contribution is 2.27. The molecule has 44 heavy (non-hydrogen) atoms. The van der Waals surface area contributed by atoms with Crippen LogP contribution in [0.2, 0.25) is 10.0 Å². The van der Waals surface area contributed by atoms with Gasteiger partial charge in [0.05, 0.1) is 10.6 Å². The van der Waals surface area contributed by atoms with E-state index in [1.165, 1.54) is 17.0 Å². The third kappa shape index (κ3) is 8.40. The Hall–Kier alpha value is -3.85. The van der Waals surface area contributed by atoms with Gasteiger partial charge in [-0.3, -0.25) is 13.9 Å². The summed E-state index contributed by atoms with van der Waals surface area (Å²) in [5, 5.41) is 3.69. The molecule has 7 nitrogen and oxygen atoms in total. The molecule has 4 aromatic carbocycles. The lowest BCUT2D eigenvalue weighted by Gasteiger charge is -2.34. The summed E-state index contributed by atoms with van der Waals surface area (Å²) in [6.07, 6.45) is 0.201. The first-order valence-electron chi connectivity index (χ1n) is 14.2. The number of benzene rings is 4. The predicted octanol–water partition coefficient (Wildman–Crippen LogP) is 6.66. The van der Waals surface area contributed by atoms with Gasteiger partial charge in [-0.15, -0.1) is 0 Å². The molecule has 0 aromatic heterocycles. The summed E-state index contributed by atoms with van der Waals surface area (Å²) in [4.78, 5) is 29.6. The first-order valence-corrected chi connectivity index (χ1v) is 16.4. The summed E-state index contributed by atoms with van der Waals surface area (Å²) in [6.45, 7) is 4.97. The topological polar surface area (TPSA) is 86.8 Å². The number of anilines is 1. The number of rotatable bonds is 12. The number of hydrogen-bond donors (Lipinski definition) is 1. The fourth-order valence-corrected chi connectivity index (χ4v) is 6.63. The SMILES string of the molecule is Cc1ccc(N(CC(=O)N(Cc2ccc(Cl)cc2Cl)[C@@H](Cc2ccccc2)C(=O)NC(C)C)S(=O)(=O)c2ccccc2)cc1. The van der Waals surface area contributed by atoms with Gasteiger partial charge in [0.1, 0.15) is 12.6 Å². The number of halogens is 2. The van der Waals surface area contributed by atoms with E-state index >= 15 is 0 Å². The monoisotopic (exact) mass is 651 g/mol. The van der Waals surface area contributed by atoms with E-state index in [1.807, 2.05) is 51.1 Å². The Bertz CT molecular complexity index is 1680. The molecule has 0 fully saturated rings. The summed E-state index contributed by atoms with van der Waals surface area (Å²) in [7, 11) is -4.16. The standard InChI is InChI=1S/C34H35Cl2N3O4S/c1-24(2)37-34(41)32(20-26-10-6-4-7-11-26)38(22-27-16-17-28(35)21-31(27)36)33(40)23-39(29-18-14-25(3)15-19-29)44(42,43)30-12-8-5-9-13-30/h4-19,21,24,32H,20,22-23H2,1-3H3,(H,37,41)/t32-/m0/s1. The zero-order valence-electron chi connectivity index (χ0n) is 24.8. The van der Waals surface area contributed by atoms with Crippen LogP contribution in [0, 0.1) is 6.92 Å². The van der Waals surface area contributed by atoms with Gasteiger partial charge in [0.25, 0.3) is 10.0 Å². The molecule has 0 unspecified atom stereocenters. The van der Waals surface area contributed by atoms with Crippen molar-refractivity contribution in [2.45, 2.75) is 50.7 Å². The Morgan fingerprint density at radius 1 is 0.841 bits per heavy atom. The van der Waals surface area contributed by atoms with Crippen molar-refractivity contribution in [3.05, 3.63) is 130 Å². The molecule has 0 aliphatic heterocycles. The van der Waals surface area contributed by atoms with Crippen molar-refractivity contribution in [1.82, 2.24) is 10.2 Å². The molecule has 0 saturated heterocycles. The second kappa shape index (κ2) is 14.8. The number of nitrogens with zero attached hydrogens (tertiary/aromatic N) is 2. The molecular formula is C34H35Cl2N3O4S. The highest BCUT2D eigenvalue weighted by Gasteiger charge is 2.35. The van der Waals surface area contributed by atoms with E-state index in [-0.39, 0.29) is 29.8 Å². The number of nitrogens with one attached hydrogen (secondary N) is 1. The van der Waals surface area contributed by atoms with E-state index in [9.17, 15) is 18.0 Å². The summed E-state index contributed by atoms with van der Waals surface area (Å²) >= 11 is 12.7. The van der Waals surface area contributed by atoms with Crippen molar-refractivity contribution < 1.29 is 18.0 Å². The number of hydrogen-bond acceptors (Lipinski definition) is 4. The van der Waals surface area contributed by atoms with Crippen LogP contribution in [0.15, 0.2) is 108 Å². The summed E-state index contributed by atoms with van der Waals surface area (Å²) in [5.41, 5.74) is 2.66. The van der Waals surface area contributed by atoms with Gasteiger partial charge in [-0.2, -0.15) is 0 Å². The van der Waals surface area contributed by atoms with E-state index in [1.54, 1.807) is 60.7 Å². The Labute approximate surface area is 269 Å². The lowest BCUT2D eigenvalue weighted by Crippen LogP contribution is -2.54. The molecule has 0 heterocycles. The van der Waals surface area contributed by atoms with Gasteiger partial charge in [-0.1, -0.05) is 95.5 Å². The van der Waals surface area contributed by atoms with Gasteiger partial charge < -0.3 is 10.2 Å². The summed E-state index contributed by atoms with van der Waals surface area (Å²) in [6, 6.07) is 28.0. The molecule has 2 amide bonds. The highest BCUT2D eigenvalue weighted by atomic mass is 35.5. The Morgan fingerprint density at radius 2 is 1.45 bits per heavy atom. The summed E-state index contributed by atoms with van der Waals surface area (Å²) < 4.78 is 29.1. The van der Waals surface area contributed by atoms with Crippen LogP contribution in [-0.4, -0.2) is 43.8 Å². The minimum Gasteiger partial charge on any atom is -0.352 e. The van der Waals surface area contributed by atoms with E-state index in [4.69, 9.17) is 23.2 Å². The maximum absolute atomic E-state index is 14.4. The van der Waals surface area contributed by atoms with Crippen molar-refractivity contribution in [3.63, 3.8) is 0 Å². The molecule has 0 radical (unpaired) electrons. The molecule has 0 saturated carbocycles. The smallest absolute Gasteiger partial charge is 0.264 e. The molecule has 230 valence electrons. The maximum Gasteiger partial charge on any atom is 0.264 e. The highest BCUT2D eigenvalue weighted by molar-refractivity contribution is 7.92. The molecule has 0 aliphatic rings. The number of sulfonamides is 1. The van der Waals surface area contributed by atoms with Crippen LogP contribution in [0.4, 0.5) is 5.69 Å². The van der Waals surface area contributed by atoms with Crippen molar-refractivity contribution in [3.8, 4) is 0 Å². The fourth-order valence-electron chi connectivity index (χ4n) is 4.73. The molecular weight excluding hydrogens is 617 g/mol. The van der Waals surface area contributed by atoms with Gasteiger partial charge in [0.2, 0.25) is 11.8 Å². The van der Waals surface area contributed by atoms with Gasteiger partial charge in [-0.25, -0.2) is 8.42 Å². The molecule has 0 spiro atoms. The van der Waals surface area contributed by atoms with Crippen LogP contribution in [0.3, 0.4) is 0 Å². The first-order chi connectivity index (χ1) is 21.0. The minimum atomic E-state index is -4.16. The molecule has 1 N–H and O–H groups in total. The zero-order valence-corrected chi connectivity index (χ0v) is 27.1. The normalized spacial score (nSPS) is 12.0. The van der Waals surface area contributed by atoms with Crippen LogP contribution in [0.1, 0.15) is 30.5 Å². The molecule has 1 atom stereocenters. The molecule has 0 aliphatic carbocycles. The lowest BCUT2D eigenvalue weighted by molar-refractivity contribution is -0.140. The first kappa shape index (κ1) is 33.1. The van der Waals surface area contributed by atoms with Gasteiger partial charge in [0, 0.05) is 29.1 Å². The molecule has 10 heteroatoms. The summed E-state index contributed by atoms with van der Waals surface area (Å²) in [5.74, 6) is -0.939. The quantitative estimate of drug-likeness (QED) is 0.186. The van der Waals surface area contributed by atoms with Gasteiger partial charge >= 0.3 is 0 Å². The van der Waals surface area contributed by atoms with Crippen molar-refractivity contribution in [2.75, 3.05) is 10.8 Å². The van der Waals surface area contributed by atoms with E-state index in [0.29, 0.717) is 21.3 Å². The van der Waals surface area contributed by atoms with E-state index in [2.05, 4.69) is 5.32 Å². The number of amides is 2. The minimum absolute atomic E-state index is 0.0408. The Morgan fingerprint density at radius 3 is 2.05 bits per heavy atom. The number of carbonyl (C=O) groups excluding carboxylic acids is 2. The second-order valence-corrected chi connectivity index (χ2v) is 13.5. The second-order valence-electron chi connectivity index (χ2n) is 10.8. The predicted molar refractivity (Wildman–Crippen MR) is 176 cm³/mol. The maximum atomic E-state index is 14.4. The van der Waals surface area contributed by atoms with Crippen LogP contribution >= 0.6 is 23.2 Å². The van der Waals surface area contributed by atoms with Crippen molar-refractivity contribution >= 4 is 50.7 Å². The molecule has 0 bridgehead atoms. The number of carbonyl (C=O) groups is 2. The largest absolute Gasteiger partial charge is 0.352 e. The van der Waals surface area contributed by atoms with E-state index < -0.39 is 28.5 Å². The van der Waals surface area contributed by atoms with Crippen LogP contribution in [0.25, 0.3) is 0 Å². The van der Waals surface area contributed by atoms with Crippen molar-refractivity contribution in [2.24, 2.45) is 0 Å². The Balaban J connectivity index is 1.81. The fraction of sp³-hybridized carbons (Fsp3) is 0.235. The lowest BCUT2D eigenvalue weighted by atomic mass is 10.0. The van der Waals surface area contributed by atoms with Crippen LogP contribution < -0.4 is 9.62 Å². The Kier molecular flexibility index (Phi) is 11.1. The van der Waals surface area contributed by atoms with Crippen LogP contribution in [-0.2, 0) is 32.6 Å². The third-order valence-corrected chi connectivity index (χ3v) is 9.36. The average molecular weight is 653 g/mol. The van der Waals surface area contributed by atoms with Crippen LogP contribution in [0.5, 0.6) is 0 Å². The third-order valence-electron chi connectivity index (χ3n) is 6.99. The van der Waals surface area contributed by atoms with Crippen molar-refractivity contribution in [1.29, 1.82) is 0 Å². The molecule has 4 aromatic rings. The molecule has 4 rings (SSSR count). The zero-order chi connectivity index (χ0) is 31.9. The average Bonchev–Trinajstić information content (AvgIpc) is 2.99. The van der Waals surface area contributed by atoms with E-state index in [0.717, 1.165) is 15.4 Å². The number of aryl methyl sites for hydroxylation is 1. The van der Waals surface area contributed by atoms with Gasteiger partial charge in [-0.05, 0) is 68.3 Å². The van der Waals surface area contributed by atoms with Gasteiger partial charge in [0.15, 0.2) is 0 Å².